The maximum atomic E-state index is 4.16. The van der Waals surface area contributed by atoms with Crippen LogP contribution in [0, 0.1) is 13.8 Å². The third-order valence-electron chi connectivity index (χ3n) is 2.17. The fourth-order valence-electron chi connectivity index (χ4n) is 1.16. The number of hydrogen-bond donors (Lipinski definition) is 2. The van der Waals surface area contributed by atoms with Crippen molar-refractivity contribution in [2.75, 3.05) is 17.6 Å². The van der Waals surface area contributed by atoms with Crippen LogP contribution >= 0.6 is 12.6 Å². The fourth-order valence-corrected chi connectivity index (χ4v) is 1.32. The molecule has 1 nitrogen and oxygen atoms in total. The topological polar surface area (TPSA) is 12.0 Å². The van der Waals surface area contributed by atoms with Gasteiger partial charge in [0.2, 0.25) is 0 Å². The molecular weight excluding hydrogens is 178 g/mol. The third kappa shape index (κ3) is 3.31. The molecule has 0 heterocycles. The second kappa shape index (κ2) is 5.18. The normalized spacial score (nSPS) is 10.1. The summed E-state index contributed by atoms with van der Waals surface area (Å²) in [6.45, 7) is 5.28. The van der Waals surface area contributed by atoms with E-state index in [0.717, 1.165) is 18.7 Å². The first-order valence-corrected chi connectivity index (χ1v) is 5.29. The summed E-state index contributed by atoms with van der Waals surface area (Å²) in [5.41, 5.74) is 3.90. The summed E-state index contributed by atoms with van der Waals surface area (Å²) in [5.74, 6) is 0.942. The van der Waals surface area contributed by atoms with Gasteiger partial charge in [-0.3, -0.25) is 0 Å². The van der Waals surface area contributed by atoms with Crippen LogP contribution in [-0.2, 0) is 0 Å². The fraction of sp³-hybridized carbons (Fsp3) is 0.455. The van der Waals surface area contributed by atoms with Gasteiger partial charge in [0.05, 0.1) is 0 Å². The number of benzene rings is 1. The average molecular weight is 195 g/mol. The molecule has 0 saturated heterocycles. The van der Waals surface area contributed by atoms with Crippen molar-refractivity contribution in [2.45, 2.75) is 20.3 Å². The second-order valence-corrected chi connectivity index (χ2v) is 3.75. The van der Waals surface area contributed by atoms with Crippen LogP contribution < -0.4 is 5.32 Å². The van der Waals surface area contributed by atoms with E-state index in [1.165, 1.54) is 16.8 Å². The van der Waals surface area contributed by atoms with Crippen molar-refractivity contribution in [1.29, 1.82) is 0 Å². The van der Waals surface area contributed by atoms with Crippen molar-refractivity contribution in [3.05, 3.63) is 29.3 Å². The molecule has 0 radical (unpaired) electrons. The number of nitrogens with one attached hydrogen (secondary N) is 1. The molecule has 0 amide bonds. The Labute approximate surface area is 86.0 Å². The molecule has 0 bridgehead atoms. The Morgan fingerprint density at radius 1 is 1.23 bits per heavy atom. The van der Waals surface area contributed by atoms with Crippen molar-refractivity contribution in [3.8, 4) is 0 Å². The van der Waals surface area contributed by atoms with Gasteiger partial charge in [-0.05, 0) is 49.3 Å². The Hall–Kier alpha value is -0.630. The largest absolute Gasteiger partial charge is 0.385 e. The van der Waals surface area contributed by atoms with Gasteiger partial charge in [-0.15, -0.1) is 0 Å². The first-order valence-electron chi connectivity index (χ1n) is 4.66. The zero-order valence-corrected chi connectivity index (χ0v) is 9.20. The lowest BCUT2D eigenvalue weighted by molar-refractivity contribution is 0.994. The van der Waals surface area contributed by atoms with E-state index in [1.807, 2.05) is 0 Å². The summed E-state index contributed by atoms with van der Waals surface area (Å²) in [7, 11) is 0. The van der Waals surface area contributed by atoms with Crippen LogP contribution in [0.15, 0.2) is 18.2 Å². The molecule has 0 aliphatic carbocycles. The summed E-state index contributed by atoms with van der Waals surface area (Å²) in [6.07, 6.45) is 1.11. The Balaban J connectivity index is 2.53. The van der Waals surface area contributed by atoms with Crippen molar-refractivity contribution in [3.63, 3.8) is 0 Å². The molecule has 1 N–H and O–H groups in total. The molecule has 2 heteroatoms. The maximum Gasteiger partial charge on any atom is 0.0343 e. The zero-order valence-electron chi connectivity index (χ0n) is 8.30. The molecule has 0 aliphatic heterocycles. The smallest absolute Gasteiger partial charge is 0.0343 e. The van der Waals surface area contributed by atoms with Crippen molar-refractivity contribution in [2.24, 2.45) is 0 Å². The van der Waals surface area contributed by atoms with Gasteiger partial charge in [0, 0.05) is 12.2 Å². The van der Waals surface area contributed by atoms with Gasteiger partial charge in [-0.1, -0.05) is 6.07 Å². The standard InChI is InChI=1S/C11H17NS/c1-9-4-5-11(8-10(9)2)12-6-3-7-13/h4-5,8,12-13H,3,6-7H2,1-2H3. The highest BCUT2D eigenvalue weighted by Gasteiger charge is 1.94. The highest BCUT2D eigenvalue weighted by molar-refractivity contribution is 7.80. The zero-order chi connectivity index (χ0) is 9.68. The summed E-state index contributed by atoms with van der Waals surface area (Å²) >= 11 is 4.16. The van der Waals surface area contributed by atoms with E-state index >= 15 is 0 Å². The van der Waals surface area contributed by atoms with Crippen LogP contribution in [0.4, 0.5) is 5.69 Å². The molecule has 72 valence electrons. The van der Waals surface area contributed by atoms with Gasteiger partial charge in [0.1, 0.15) is 0 Å². The molecule has 1 rings (SSSR count). The number of thiol groups is 1. The molecule has 0 atom stereocenters. The van der Waals surface area contributed by atoms with Gasteiger partial charge in [-0.25, -0.2) is 0 Å². The van der Waals surface area contributed by atoms with Gasteiger partial charge >= 0.3 is 0 Å². The minimum Gasteiger partial charge on any atom is -0.385 e. The number of hydrogen-bond acceptors (Lipinski definition) is 2. The molecule has 0 fully saturated rings. The summed E-state index contributed by atoms with van der Waals surface area (Å²) in [6, 6.07) is 6.47. The van der Waals surface area contributed by atoms with E-state index in [2.05, 4.69) is 50.0 Å². The van der Waals surface area contributed by atoms with Gasteiger partial charge < -0.3 is 5.32 Å². The maximum absolute atomic E-state index is 4.16. The minimum absolute atomic E-state index is 0.942. The number of anilines is 1. The Morgan fingerprint density at radius 2 is 2.00 bits per heavy atom. The van der Waals surface area contributed by atoms with E-state index < -0.39 is 0 Å². The first-order chi connectivity index (χ1) is 6.24. The van der Waals surface area contributed by atoms with Crippen LogP contribution in [0.1, 0.15) is 17.5 Å². The molecule has 1 aromatic rings. The van der Waals surface area contributed by atoms with Gasteiger partial charge in [0.15, 0.2) is 0 Å². The molecule has 0 unspecified atom stereocenters. The van der Waals surface area contributed by atoms with Crippen LogP contribution in [0.5, 0.6) is 0 Å². The predicted octanol–water partition coefficient (Wildman–Crippen LogP) is 3.04. The van der Waals surface area contributed by atoms with Crippen LogP contribution in [0.25, 0.3) is 0 Å². The van der Waals surface area contributed by atoms with Crippen LogP contribution in [0.3, 0.4) is 0 Å². The second-order valence-electron chi connectivity index (χ2n) is 3.30. The highest BCUT2D eigenvalue weighted by Crippen LogP contribution is 2.13. The monoisotopic (exact) mass is 195 g/mol. The van der Waals surface area contributed by atoms with Crippen LogP contribution in [-0.4, -0.2) is 12.3 Å². The lowest BCUT2D eigenvalue weighted by atomic mass is 10.1. The molecule has 13 heavy (non-hydrogen) atoms. The van der Waals surface area contributed by atoms with E-state index in [9.17, 15) is 0 Å². The first kappa shape index (κ1) is 10.5. The van der Waals surface area contributed by atoms with E-state index in [4.69, 9.17) is 0 Å². The van der Waals surface area contributed by atoms with E-state index in [0.29, 0.717) is 0 Å². The molecule has 0 spiro atoms. The van der Waals surface area contributed by atoms with Crippen LogP contribution in [0.2, 0.25) is 0 Å². The summed E-state index contributed by atoms with van der Waals surface area (Å²) in [4.78, 5) is 0. The number of rotatable bonds is 4. The minimum atomic E-state index is 0.942. The molecular formula is C11H17NS. The predicted molar refractivity (Wildman–Crippen MR) is 62.9 cm³/mol. The highest BCUT2D eigenvalue weighted by atomic mass is 32.1. The molecule has 0 aliphatic rings. The Bertz CT molecular complexity index is 271. The van der Waals surface area contributed by atoms with E-state index in [1.54, 1.807) is 0 Å². The summed E-state index contributed by atoms with van der Waals surface area (Å²) in [5, 5.41) is 3.36. The van der Waals surface area contributed by atoms with Crippen molar-refractivity contribution in [1.82, 2.24) is 0 Å². The molecule has 0 saturated carbocycles. The average Bonchev–Trinajstić information content (AvgIpc) is 2.12. The lowest BCUT2D eigenvalue weighted by Gasteiger charge is -2.07. The quantitative estimate of drug-likeness (QED) is 0.556. The van der Waals surface area contributed by atoms with Gasteiger partial charge in [0.25, 0.3) is 0 Å². The summed E-state index contributed by atoms with van der Waals surface area (Å²) < 4.78 is 0. The Morgan fingerprint density at radius 3 is 2.62 bits per heavy atom. The van der Waals surface area contributed by atoms with E-state index in [-0.39, 0.29) is 0 Å². The molecule has 0 aromatic heterocycles. The van der Waals surface area contributed by atoms with Crippen molar-refractivity contribution < 1.29 is 0 Å². The molecule has 1 aromatic carbocycles. The third-order valence-corrected chi connectivity index (χ3v) is 2.49. The SMILES string of the molecule is Cc1ccc(NCCCS)cc1C. The van der Waals surface area contributed by atoms with Crippen molar-refractivity contribution >= 4 is 18.3 Å². The van der Waals surface area contributed by atoms with Gasteiger partial charge in [-0.2, -0.15) is 12.6 Å². The lowest BCUT2D eigenvalue weighted by Crippen LogP contribution is -2.02. The Kier molecular flexibility index (Phi) is 4.16. The number of aryl methyl sites for hydroxylation is 2.